The smallest absolute Gasteiger partial charge is 0.309 e. The Bertz CT molecular complexity index is 802. The Kier molecular flexibility index (Phi) is 5.50. The molecule has 1 aromatic carbocycles. The number of carbonyl (C=O) groups is 2. The molecule has 1 aliphatic carbocycles. The van der Waals surface area contributed by atoms with Crippen LogP contribution in [0.25, 0.3) is 11.1 Å². The summed E-state index contributed by atoms with van der Waals surface area (Å²) in [6.07, 6.45) is 4.91. The van der Waals surface area contributed by atoms with E-state index in [9.17, 15) is 9.59 Å². The summed E-state index contributed by atoms with van der Waals surface area (Å²) in [6.45, 7) is 3.00. The number of benzene rings is 1. The number of carbonyl (C=O) groups excluding carboxylic acids is 2. The van der Waals surface area contributed by atoms with Gasteiger partial charge in [-0.2, -0.15) is 4.98 Å². The topological polar surface area (TPSA) is 84.7 Å². The molecule has 150 valence electrons. The number of hydrogen-bond acceptors (Lipinski definition) is 6. The van der Waals surface area contributed by atoms with E-state index in [4.69, 9.17) is 9.15 Å². The van der Waals surface area contributed by atoms with E-state index >= 15 is 0 Å². The summed E-state index contributed by atoms with van der Waals surface area (Å²) in [5.74, 6) is -0.669. The van der Waals surface area contributed by atoms with Crippen LogP contribution in [-0.2, 0) is 14.3 Å². The van der Waals surface area contributed by atoms with Crippen LogP contribution in [0.1, 0.15) is 45.4 Å². The highest BCUT2D eigenvalue weighted by Crippen LogP contribution is 2.27. The van der Waals surface area contributed by atoms with Crippen molar-refractivity contribution in [3.8, 4) is 0 Å². The summed E-state index contributed by atoms with van der Waals surface area (Å²) in [6, 6.07) is 8.49. The molecule has 2 heterocycles. The van der Waals surface area contributed by atoms with E-state index in [0.29, 0.717) is 31.9 Å². The van der Waals surface area contributed by atoms with Gasteiger partial charge in [0, 0.05) is 19.1 Å². The number of nitrogens with zero attached hydrogens (tertiary/aromatic N) is 2. The van der Waals surface area contributed by atoms with Crippen LogP contribution in [0.2, 0.25) is 0 Å². The number of piperidine rings is 1. The molecule has 1 saturated heterocycles. The van der Waals surface area contributed by atoms with Gasteiger partial charge in [-0.05, 0) is 44.7 Å². The Balaban J connectivity index is 1.26. The number of oxazole rings is 1. The normalized spacial score (nSPS) is 19.7. The molecule has 1 aliphatic heterocycles. The zero-order chi connectivity index (χ0) is 19.5. The largest absolute Gasteiger partial charge is 0.452 e. The van der Waals surface area contributed by atoms with Gasteiger partial charge in [-0.15, -0.1) is 0 Å². The summed E-state index contributed by atoms with van der Waals surface area (Å²) in [5, 5.41) is 2.98. The maximum absolute atomic E-state index is 12.5. The molecule has 1 unspecified atom stereocenters. The van der Waals surface area contributed by atoms with Gasteiger partial charge in [0.1, 0.15) is 5.52 Å². The molecule has 1 amide bonds. The fourth-order valence-corrected chi connectivity index (χ4v) is 4.01. The molecular formula is C21H27N3O4. The van der Waals surface area contributed by atoms with Crippen LogP contribution in [0, 0.1) is 5.92 Å². The van der Waals surface area contributed by atoms with Crippen LogP contribution < -0.4 is 10.2 Å². The Morgan fingerprint density at radius 2 is 1.89 bits per heavy atom. The highest BCUT2D eigenvalue weighted by molar-refractivity contribution is 5.84. The second-order valence-electron chi connectivity index (χ2n) is 7.79. The Labute approximate surface area is 164 Å². The van der Waals surface area contributed by atoms with Gasteiger partial charge in [-0.25, -0.2) is 0 Å². The summed E-state index contributed by atoms with van der Waals surface area (Å²) in [7, 11) is 0. The standard InChI is InChI=1S/C21H27N3O4/c1-14(19(25)22-16-6-2-3-7-16)27-20(26)15-10-12-24(13-11-15)21-23-17-8-4-5-9-18(17)28-21/h4-5,8-9,14-16H,2-3,6-7,10-13H2,1H3,(H,22,25). The lowest BCUT2D eigenvalue weighted by molar-refractivity contribution is -0.159. The molecule has 2 aromatic rings. The third-order valence-corrected chi connectivity index (χ3v) is 5.75. The molecule has 1 atom stereocenters. The van der Waals surface area contributed by atoms with Crippen molar-refractivity contribution in [3.63, 3.8) is 0 Å². The van der Waals surface area contributed by atoms with Crippen LogP contribution in [-0.4, -0.2) is 42.1 Å². The minimum atomic E-state index is -0.747. The summed E-state index contributed by atoms with van der Waals surface area (Å²) < 4.78 is 11.3. The number of amides is 1. The van der Waals surface area contributed by atoms with Crippen LogP contribution in [0.4, 0.5) is 6.01 Å². The summed E-state index contributed by atoms with van der Waals surface area (Å²) in [5.41, 5.74) is 1.60. The molecule has 7 heteroatoms. The maximum Gasteiger partial charge on any atom is 0.309 e. The molecule has 2 aliphatic rings. The average molecular weight is 385 g/mol. The minimum Gasteiger partial charge on any atom is -0.452 e. The first-order chi connectivity index (χ1) is 13.6. The van der Waals surface area contributed by atoms with E-state index in [0.717, 1.165) is 36.8 Å². The minimum absolute atomic E-state index is 0.191. The molecule has 7 nitrogen and oxygen atoms in total. The average Bonchev–Trinajstić information content (AvgIpc) is 3.37. The lowest BCUT2D eigenvalue weighted by Gasteiger charge is -2.30. The van der Waals surface area contributed by atoms with E-state index in [2.05, 4.69) is 15.2 Å². The van der Waals surface area contributed by atoms with Gasteiger partial charge in [0.2, 0.25) is 0 Å². The number of rotatable bonds is 5. The van der Waals surface area contributed by atoms with Crippen molar-refractivity contribution in [3.05, 3.63) is 24.3 Å². The predicted molar refractivity (Wildman–Crippen MR) is 105 cm³/mol. The van der Waals surface area contributed by atoms with Gasteiger partial charge in [0.25, 0.3) is 11.9 Å². The molecule has 1 aromatic heterocycles. The van der Waals surface area contributed by atoms with Gasteiger partial charge in [-0.1, -0.05) is 25.0 Å². The number of hydrogen-bond donors (Lipinski definition) is 1. The first-order valence-corrected chi connectivity index (χ1v) is 10.2. The van der Waals surface area contributed by atoms with Crippen LogP contribution in [0.5, 0.6) is 0 Å². The monoisotopic (exact) mass is 385 g/mol. The van der Waals surface area contributed by atoms with E-state index in [1.807, 2.05) is 24.3 Å². The molecule has 2 fully saturated rings. The summed E-state index contributed by atoms with van der Waals surface area (Å²) >= 11 is 0. The SMILES string of the molecule is CC(OC(=O)C1CCN(c2nc3ccccc3o2)CC1)C(=O)NC1CCCC1. The van der Waals surface area contributed by atoms with Crippen molar-refractivity contribution >= 4 is 29.0 Å². The van der Waals surface area contributed by atoms with Crippen molar-refractivity contribution in [2.24, 2.45) is 5.92 Å². The highest BCUT2D eigenvalue weighted by atomic mass is 16.5. The van der Waals surface area contributed by atoms with E-state index in [1.54, 1.807) is 6.92 Å². The Morgan fingerprint density at radius 1 is 1.18 bits per heavy atom. The first-order valence-electron chi connectivity index (χ1n) is 10.2. The fraction of sp³-hybridized carbons (Fsp3) is 0.571. The van der Waals surface area contributed by atoms with Crippen LogP contribution in [0.15, 0.2) is 28.7 Å². The molecule has 0 spiro atoms. The molecule has 4 rings (SSSR count). The second kappa shape index (κ2) is 8.20. The van der Waals surface area contributed by atoms with E-state index < -0.39 is 6.10 Å². The Hall–Kier alpha value is -2.57. The van der Waals surface area contributed by atoms with Crippen LogP contribution >= 0.6 is 0 Å². The molecule has 1 N–H and O–H groups in total. The van der Waals surface area contributed by atoms with Crippen LogP contribution in [0.3, 0.4) is 0 Å². The molecule has 0 bridgehead atoms. The summed E-state index contributed by atoms with van der Waals surface area (Å²) in [4.78, 5) is 31.3. The van der Waals surface area contributed by atoms with Crippen molar-refractivity contribution < 1.29 is 18.7 Å². The molecule has 0 radical (unpaired) electrons. The number of nitrogens with one attached hydrogen (secondary N) is 1. The second-order valence-corrected chi connectivity index (χ2v) is 7.79. The van der Waals surface area contributed by atoms with Gasteiger partial charge in [0.05, 0.1) is 5.92 Å². The van der Waals surface area contributed by atoms with E-state index in [1.165, 1.54) is 0 Å². The predicted octanol–water partition coefficient (Wildman–Crippen LogP) is 3.03. The van der Waals surface area contributed by atoms with Crippen molar-refractivity contribution in [2.75, 3.05) is 18.0 Å². The number of fused-ring (bicyclic) bond motifs is 1. The van der Waals surface area contributed by atoms with Crippen molar-refractivity contribution in [1.82, 2.24) is 10.3 Å². The zero-order valence-electron chi connectivity index (χ0n) is 16.2. The van der Waals surface area contributed by atoms with Crippen molar-refractivity contribution in [1.29, 1.82) is 0 Å². The van der Waals surface area contributed by atoms with Gasteiger partial charge < -0.3 is 19.4 Å². The van der Waals surface area contributed by atoms with Gasteiger partial charge in [0.15, 0.2) is 11.7 Å². The zero-order valence-corrected chi connectivity index (χ0v) is 16.2. The maximum atomic E-state index is 12.5. The lowest BCUT2D eigenvalue weighted by atomic mass is 9.97. The molecule has 28 heavy (non-hydrogen) atoms. The first kappa shape index (κ1) is 18.8. The number of ether oxygens (including phenoxy) is 1. The third-order valence-electron chi connectivity index (χ3n) is 5.75. The highest BCUT2D eigenvalue weighted by Gasteiger charge is 2.31. The molecule has 1 saturated carbocycles. The van der Waals surface area contributed by atoms with Gasteiger partial charge >= 0.3 is 5.97 Å². The quantitative estimate of drug-likeness (QED) is 0.797. The lowest BCUT2D eigenvalue weighted by Crippen LogP contribution is -2.43. The number of anilines is 1. The van der Waals surface area contributed by atoms with Gasteiger partial charge in [-0.3, -0.25) is 9.59 Å². The third kappa shape index (κ3) is 4.13. The fourth-order valence-electron chi connectivity index (χ4n) is 4.01. The van der Waals surface area contributed by atoms with E-state index in [-0.39, 0.29) is 23.8 Å². The van der Waals surface area contributed by atoms with Crippen molar-refractivity contribution in [2.45, 2.75) is 57.6 Å². The Morgan fingerprint density at radius 3 is 2.61 bits per heavy atom. The number of esters is 1. The number of aromatic nitrogens is 1. The number of para-hydroxylation sites is 2. The molecular weight excluding hydrogens is 358 g/mol.